The van der Waals surface area contributed by atoms with E-state index >= 15 is 0 Å². The highest BCUT2D eigenvalue weighted by Gasteiger charge is 2.07. The Hall–Kier alpha value is -5.94. The van der Waals surface area contributed by atoms with Crippen LogP contribution >= 0.6 is 0 Å². The Labute approximate surface area is 304 Å². The van der Waals surface area contributed by atoms with Crippen molar-refractivity contribution in [3.63, 3.8) is 0 Å². The Morgan fingerprint density at radius 2 is 0.980 bits per heavy atom. The number of nitrogens with zero attached hydrogens (tertiary/aromatic N) is 4. The molecule has 0 spiro atoms. The first-order chi connectivity index (χ1) is 25.1. The van der Waals surface area contributed by atoms with Crippen LogP contribution in [-0.2, 0) is 32.5 Å². The highest BCUT2D eigenvalue weighted by atomic mass is 16.5. The van der Waals surface area contributed by atoms with Gasteiger partial charge in [-0.15, -0.1) is 0 Å². The van der Waals surface area contributed by atoms with Gasteiger partial charge in [0.1, 0.15) is 5.75 Å². The molecular formula is C46H48N4O. The van der Waals surface area contributed by atoms with E-state index in [9.17, 15) is 0 Å². The summed E-state index contributed by atoms with van der Waals surface area (Å²) >= 11 is 0. The van der Waals surface area contributed by atoms with Gasteiger partial charge in [-0.1, -0.05) is 152 Å². The predicted molar refractivity (Wildman–Crippen MR) is 214 cm³/mol. The van der Waals surface area contributed by atoms with Crippen molar-refractivity contribution >= 4 is 17.6 Å². The maximum Gasteiger partial charge on any atom is 0.118 e. The molecule has 51 heavy (non-hydrogen) atoms. The van der Waals surface area contributed by atoms with Crippen LogP contribution in [0.15, 0.2) is 186 Å². The molecule has 0 aliphatic heterocycles. The molecule has 0 fully saturated rings. The second-order valence-corrected chi connectivity index (χ2v) is 12.4. The highest BCUT2D eigenvalue weighted by Crippen LogP contribution is 2.18. The molecule has 6 rings (SSSR count). The van der Waals surface area contributed by atoms with Gasteiger partial charge in [0.15, 0.2) is 0 Å². The third-order valence-electron chi connectivity index (χ3n) is 8.20. The molecule has 258 valence electrons. The smallest absolute Gasteiger partial charge is 0.118 e. The van der Waals surface area contributed by atoms with Gasteiger partial charge >= 0.3 is 0 Å². The zero-order valence-electron chi connectivity index (χ0n) is 29.8. The maximum atomic E-state index is 5.23. The number of aryl methyl sites for hydroxylation is 1. The summed E-state index contributed by atoms with van der Waals surface area (Å²) in [4.78, 5) is 0. The summed E-state index contributed by atoms with van der Waals surface area (Å²) in [5.74, 6) is 0.878. The molecular weight excluding hydrogens is 625 g/mol. The van der Waals surface area contributed by atoms with Gasteiger partial charge in [-0.05, 0) is 71.8 Å². The minimum absolute atomic E-state index is 0.771. The number of hydrogen-bond acceptors (Lipinski definition) is 5. The highest BCUT2D eigenvalue weighted by molar-refractivity contribution is 5.84. The van der Waals surface area contributed by atoms with Crippen molar-refractivity contribution in [1.82, 2.24) is 5.01 Å². The van der Waals surface area contributed by atoms with Crippen LogP contribution in [0.25, 0.3) is 0 Å². The monoisotopic (exact) mass is 672 g/mol. The average molecular weight is 673 g/mol. The third kappa shape index (κ3) is 13.1. The van der Waals surface area contributed by atoms with Crippen molar-refractivity contribution in [2.45, 2.75) is 45.8 Å². The number of para-hydroxylation sites is 1. The van der Waals surface area contributed by atoms with Gasteiger partial charge in [-0.3, -0.25) is 10.0 Å². The van der Waals surface area contributed by atoms with Gasteiger partial charge in [0.05, 0.1) is 32.4 Å². The van der Waals surface area contributed by atoms with Crippen molar-refractivity contribution < 1.29 is 4.74 Å². The lowest BCUT2D eigenvalue weighted by atomic mass is 10.1. The van der Waals surface area contributed by atoms with Crippen molar-refractivity contribution in [3.8, 4) is 5.75 Å². The van der Waals surface area contributed by atoms with Gasteiger partial charge in [0, 0.05) is 18.3 Å². The number of anilines is 1. The second kappa shape index (κ2) is 20.5. The van der Waals surface area contributed by atoms with Crippen LogP contribution < -0.4 is 9.75 Å². The molecule has 0 saturated heterocycles. The fourth-order valence-corrected chi connectivity index (χ4v) is 5.62. The number of hydrazone groups is 2. The fraction of sp³-hybridized carbons (Fsp3) is 0.174. The standard InChI is InChI=1S/C24H26N2O.C22H22N2/c1-20(17-21-13-15-24(27-2)16-14-21)25-26(18-22-9-5-3-6-10-22)19-23-11-7-4-8-12-23;1-4-11-20(12-5-1)15-10-18-23-24(22-16-8-3-9-17-22)19-21-13-6-2-7-14-21/h3-16H,17-19H2,1-2H3;1-9,11-14,16-18H,10,15,19H2/b25-20-;23-18-. The molecule has 6 aromatic carbocycles. The molecule has 5 heteroatoms. The Bertz CT molecular complexity index is 1820. The lowest BCUT2D eigenvalue weighted by Gasteiger charge is -2.21. The van der Waals surface area contributed by atoms with E-state index < -0.39 is 0 Å². The molecule has 0 aromatic heterocycles. The quantitative estimate of drug-likeness (QED) is 0.0805. The lowest BCUT2D eigenvalue weighted by molar-refractivity contribution is 0.270. The topological polar surface area (TPSA) is 40.4 Å². The van der Waals surface area contributed by atoms with Crippen LogP contribution in [0.2, 0.25) is 0 Å². The summed E-state index contributed by atoms with van der Waals surface area (Å²) < 4.78 is 5.23. The molecule has 0 radical (unpaired) electrons. The largest absolute Gasteiger partial charge is 0.497 e. The summed E-state index contributed by atoms with van der Waals surface area (Å²) in [7, 11) is 1.69. The molecule has 6 aromatic rings. The Morgan fingerprint density at radius 3 is 1.47 bits per heavy atom. The van der Waals surface area contributed by atoms with Gasteiger partial charge < -0.3 is 4.74 Å². The van der Waals surface area contributed by atoms with E-state index in [0.29, 0.717) is 0 Å². The lowest BCUT2D eigenvalue weighted by Crippen LogP contribution is -2.19. The predicted octanol–water partition coefficient (Wildman–Crippen LogP) is 10.6. The van der Waals surface area contributed by atoms with E-state index in [1.165, 1.54) is 27.8 Å². The Kier molecular flexibility index (Phi) is 14.6. The van der Waals surface area contributed by atoms with Crippen molar-refractivity contribution in [1.29, 1.82) is 0 Å². The second-order valence-electron chi connectivity index (χ2n) is 12.4. The summed E-state index contributed by atoms with van der Waals surface area (Å²) in [6, 6.07) is 60.4. The molecule has 0 heterocycles. The molecule has 0 bridgehead atoms. The van der Waals surface area contributed by atoms with Crippen molar-refractivity contribution in [2.24, 2.45) is 10.2 Å². The Balaban J connectivity index is 0.000000199. The van der Waals surface area contributed by atoms with Gasteiger partial charge in [0.25, 0.3) is 0 Å². The summed E-state index contributed by atoms with van der Waals surface area (Å²) in [5.41, 5.74) is 8.55. The number of ether oxygens (including phenoxy) is 1. The number of methoxy groups -OCH3 is 1. The van der Waals surface area contributed by atoms with E-state index in [-0.39, 0.29) is 0 Å². The molecule has 0 N–H and O–H groups in total. The van der Waals surface area contributed by atoms with Crippen LogP contribution in [0.1, 0.15) is 41.2 Å². The molecule has 0 atom stereocenters. The molecule has 5 nitrogen and oxygen atoms in total. The van der Waals surface area contributed by atoms with E-state index in [1.807, 2.05) is 54.7 Å². The minimum atomic E-state index is 0.771. The van der Waals surface area contributed by atoms with E-state index in [0.717, 1.165) is 56.0 Å². The van der Waals surface area contributed by atoms with Crippen molar-refractivity contribution in [3.05, 3.63) is 204 Å². The normalized spacial score (nSPS) is 11.1. The zero-order valence-corrected chi connectivity index (χ0v) is 29.8. The fourth-order valence-electron chi connectivity index (χ4n) is 5.62. The first-order valence-corrected chi connectivity index (χ1v) is 17.6. The minimum Gasteiger partial charge on any atom is -0.497 e. The van der Waals surface area contributed by atoms with Crippen LogP contribution in [0.5, 0.6) is 5.75 Å². The third-order valence-corrected chi connectivity index (χ3v) is 8.20. The number of rotatable bonds is 15. The van der Waals surface area contributed by atoms with Gasteiger partial charge in [-0.2, -0.15) is 10.2 Å². The van der Waals surface area contributed by atoms with E-state index in [2.05, 4.69) is 144 Å². The molecule has 0 aliphatic carbocycles. The van der Waals surface area contributed by atoms with Crippen molar-refractivity contribution in [2.75, 3.05) is 12.1 Å². The molecule has 0 saturated carbocycles. The SMILES string of the molecule is C(/CCc1ccccc1)=N/N(Cc1ccccc1)c1ccccc1.COc1ccc(C/C(C)=N\N(Cc2ccccc2)Cc2ccccc2)cc1. The zero-order chi connectivity index (χ0) is 35.4. The molecule has 0 amide bonds. The first-order valence-electron chi connectivity index (χ1n) is 17.6. The van der Waals surface area contributed by atoms with Gasteiger partial charge in [-0.25, -0.2) is 0 Å². The summed E-state index contributed by atoms with van der Waals surface area (Å²) in [6.45, 7) is 4.44. The van der Waals surface area contributed by atoms with Gasteiger partial charge in [0.2, 0.25) is 0 Å². The van der Waals surface area contributed by atoms with E-state index in [4.69, 9.17) is 14.9 Å². The maximum absolute atomic E-state index is 5.23. The number of hydrogen-bond donors (Lipinski definition) is 0. The molecule has 0 aliphatic rings. The van der Waals surface area contributed by atoms with Crippen LogP contribution in [0, 0.1) is 0 Å². The van der Waals surface area contributed by atoms with Crippen LogP contribution in [-0.4, -0.2) is 24.0 Å². The average Bonchev–Trinajstić information content (AvgIpc) is 3.18. The Morgan fingerprint density at radius 1 is 0.529 bits per heavy atom. The van der Waals surface area contributed by atoms with Crippen LogP contribution in [0.3, 0.4) is 0 Å². The van der Waals surface area contributed by atoms with Crippen LogP contribution in [0.4, 0.5) is 5.69 Å². The van der Waals surface area contributed by atoms with E-state index in [1.54, 1.807) is 7.11 Å². The summed E-state index contributed by atoms with van der Waals surface area (Å²) in [5, 5.41) is 13.8. The number of benzene rings is 6. The first kappa shape index (κ1) is 36.3. The molecule has 0 unspecified atom stereocenters. The summed E-state index contributed by atoms with van der Waals surface area (Å²) in [6.07, 6.45) is 4.79.